The third kappa shape index (κ3) is 3.97. The lowest BCUT2D eigenvalue weighted by atomic mass is 10.0. The number of nitrogens with zero attached hydrogens (tertiary/aromatic N) is 1. The van der Waals surface area contributed by atoms with E-state index in [1.54, 1.807) is 0 Å². The lowest BCUT2D eigenvalue weighted by Crippen LogP contribution is -2.37. The van der Waals surface area contributed by atoms with Crippen LogP contribution in [0, 0.1) is 5.92 Å². The van der Waals surface area contributed by atoms with Crippen molar-refractivity contribution < 1.29 is 0 Å². The molecule has 3 rings (SSSR count). The van der Waals surface area contributed by atoms with Gasteiger partial charge in [0.15, 0.2) is 0 Å². The molecule has 1 aliphatic carbocycles. The van der Waals surface area contributed by atoms with Crippen LogP contribution in [-0.4, -0.2) is 31.1 Å². The van der Waals surface area contributed by atoms with Crippen LogP contribution in [0.3, 0.4) is 0 Å². The van der Waals surface area contributed by atoms with Gasteiger partial charge in [-0.05, 0) is 62.4 Å². The summed E-state index contributed by atoms with van der Waals surface area (Å²) in [5.74, 6) is 0.831. The minimum absolute atomic E-state index is 0.525. The smallest absolute Gasteiger partial charge is 0.0406 e. The second-order valence-electron chi connectivity index (χ2n) is 6.22. The quantitative estimate of drug-likeness (QED) is 0.856. The number of piperidine rings is 1. The highest BCUT2D eigenvalue weighted by atomic mass is 35.5. The van der Waals surface area contributed by atoms with Gasteiger partial charge in [-0.25, -0.2) is 0 Å². The van der Waals surface area contributed by atoms with Crippen LogP contribution in [0.5, 0.6) is 0 Å². The molecule has 1 saturated heterocycles. The Hall–Kier alpha value is -0.570. The van der Waals surface area contributed by atoms with E-state index >= 15 is 0 Å². The maximum atomic E-state index is 5.99. The zero-order chi connectivity index (χ0) is 13.8. The predicted molar refractivity (Wildman–Crippen MR) is 85.2 cm³/mol. The van der Waals surface area contributed by atoms with Crippen molar-refractivity contribution in [2.45, 2.75) is 38.1 Å². The Kier molecular flexibility index (Phi) is 4.98. The number of nitrogens with one attached hydrogen (secondary N) is 1. The van der Waals surface area contributed by atoms with Crippen molar-refractivity contribution in [2.75, 3.05) is 26.2 Å². The van der Waals surface area contributed by atoms with Gasteiger partial charge in [0.1, 0.15) is 0 Å². The van der Waals surface area contributed by atoms with Crippen LogP contribution >= 0.6 is 11.6 Å². The molecular weight excluding hydrogens is 268 g/mol. The van der Waals surface area contributed by atoms with Crippen molar-refractivity contribution in [1.82, 2.24) is 10.2 Å². The molecule has 2 fully saturated rings. The maximum Gasteiger partial charge on any atom is 0.0406 e. The third-order valence-corrected chi connectivity index (χ3v) is 4.82. The largest absolute Gasteiger partial charge is 0.308 e. The molecule has 3 heteroatoms. The van der Waals surface area contributed by atoms with Crippen LogP contribution in [0.1, 0.15) is 43.7 Å². The summed E-state index contributed by atoms with van der Waals surface area (Å²) in [6.45, 7) is 4.87. The summed E-state index contributed by atoms with van der Waals surface area (Å²) in [6, 6.07) is 8.91. The lowest BCUT2D eigenvalue weighted by molar-refractivity contribution is 0.225. The molecule has 2 aliphatic rings. The molecule has 110 valence electrons. The number of rotatable bonds is 6. The first kappa shape index (κ1) is 14.4. The van der Waals surface area contributed by atoms with Gasteiger partial charge in [0.05, 0.1) is 0 Å². The van der Waals surface area contributed by atoms with Crippen LogP contribution in [0.25, 0.3) is 0 Å². The maximum absolute atomic E-state index is 5.99. The number of hydrogen-bond acceptors (Lipinski definition) is 2. The minimum atomic E-state index is 0.525. The molecule has 0 radical (unpaired) electrons. The summed E-state index contributed by atoms with van der Waals surface area (Å²) in [4.78, 5) is 2.60. The van der Waals surface area contributed by atoms with Gasteiger partial charge >= 0.3 is 0 Å². The minimum Gasteiger partial charge on any atom is -0.308 e. The summed E-state index contributed by atoms with van der Waals surface area (Å²) >= 11 is 5.99. The van der Waals surface area contributed by atoms with Crippen molar-refractivity contribution in [3.63, 3.8) is 0 Å². The molecule has 1 aromatic carbocycles. The van der Waals surface area contributed by atoms with Gasteiger partial charge in [-0.15, -0.1) is 0 Å². The molecule has 1 aromatic rings. The summed E-state index contributed by atoms with van der Waals surface area (Å²) in [5.41, 5.74) is 1.40. The topological polar surface area (TPSA) is 15.3 Å². The average Bonchev–Trinajstić information content (AvgIpc) is 3.31. The van der Waals surface area contributed by atoms with Gasteiger partial charge in [-0.3, -0.25) is 0 Å². The van der Waals surface area contributed by atoms with E-state index in [4.69, 9.17) is 11.6 Å². The number of benzene rings is 1. The zero-order valence-electron chi connectivity index (χ0n) is 12.2. The van der Waals surface area contributed by atoms with Gasteiger partial charge in [0.2, 0.25) is 0 Å². The van der Waals surface area contributed by atoms with Crippen molar-refractivity contribution in [3.8, 4) is 0 Å². The van der Waals surface area contributed by atoms with E-state index in [-0.39, 0.29) is 0 Å². The Morgan fingerprint density at radius 2 is 1.80 bits per heavy atom. The van der Waals surface area contributed by atoms with Crippen molar-refractivity contribution in [2.24, 2.45) is 5.92 Å². The molecule has 1 N–H and O–H groups in total. The SMILES string of the molecule is Clc1ccc(C(NCCN2CCCCC2)C2CC2)cc1. The van der Waals surface area contributed by atoms with E-state index in [0.29, 0.717) is 6.04 Å². The second kappa shape index (κ2) is 6.93. The molecule has 0 spiro atoms. The first-order chi connectivity index (χ1) is 9.83. The Morgan fingerprint density at radius 3 is 2.45 bits per heavy atom. The highest BCUT2D eigenvalue weighted by Crippen LogP contribution is 2.41. The number of hydrogen-bond donors (Lipinski definition) is 1. The molecular formula is C17H25ClN2. The third-order valence-electron chi connectivity index (χ3n) is 4.56. The second-order valence-corrected chi connectivity index (χ2v) is 6.66. The summed E-state index contributed by atoms with van der Waals surface area (Å²) < 4.78 is 0. The number of likely N-dealkylation sites (tertiary alicyclic amines) is 1. The van der Waals surface area contributed by atoms with E-state index in [0.717, 1.165) is 17.5 Å². The molecule has 1 heterocycles. The van der Waals surface area contributed by atoms with Gasteiger partial charge in [0, 0.05) is 24.2 Å². The highest BCUT2D eigenvalue weighted by molar-refractivity contribution is 6.30. The zero-order valence-corrected chi connectivity index (χ0v) is 12.9. The Bertz CT molecular complexity index is 408. The van der Waals surface area contributed by atoms with Gasteiger partial charge in [-0.2, -0.15) is 0 Å². The molecule has 2 nitrogen and oxygen atoms in total. The van der Waals surface area contributed by atoms with E-state index in [1.165, 1.54) is 57.3 Å². The predicted octanol–water partition coefficient (Wildman–Crippen LogP) is 3.87. The average molecular weight is 293 g/mol. The fraction of sp³-hybridized carbons (Fsp3) is 0.647. The highest BCUT2D eigenvalue weighted by Gasteiger charge is 2.31. The molecule has 0 bridgehead atoms. The first-order valence-corrected chi connectivity index (χ1v) is 8.42. The van der Waals surface area contributed by atoms with Gasteiger partial charge in [-0.1, -0.05) is 30.2 Å². The van der Waals surface area contributed by atoms with Crippen LogP contribution in [0.2, 0.25) is 5.02 Å². The molecule has 1 saturated carbocycles. The fourth-order valence-corrected chi connectivity index (χ4v) is 3.34. The molecule has 0 amide bonds. The first-order valence-electron chi connectivity index (χ1n) is 8.04. The van der Waals surface area contributed by atoms with Crippen molar-refractivity contribution in [1.29, 1.82) is 0 Å². The van der Waals surface area contributed by atoms with E-state index in [1.807, 2.05) is 12.1 Å². The Morgan fingerprint density at radius 1 is 1.10 bits per heavy atom. The van der Waals surface area contributed by atoms with Crippen LogP contribution in [-0.2, 0) is 0 Å². The molecule has 0 aromatic heterocycles. The van der Waals surface area contributed by atoms with Gasteiger partial charge < -0.3 is 10.2 Å². The van der Waals surface area contributed by atoms with Crippen molar-refractivity contribution in [3.05, 3.63) is 34.9 Å². The summed E-state index contributed by atoms with van der Waals surface area (Å²) in [7, 11) is 0. The molecule has 1 atom stereocenters. The van der Waals surface area contributed by atoms with E-state index in [2.05, 4.69) is 22.3 Å². The fourth-order valence-electron chi connectivity index (χ4n) is 3.22. The van der Waals surface area contributed by atoms with Crippen LogP contribution < -0.4 is 5.32 Å². The normalized spacial score (nSPS) is 21.9. The summed E-state index contributed by atoms with van der Waals surface area (Å²) in [6.07, 6.45) is 6.90. The number of halogens is 1. The standard InChI is InChI=1S/C17H25ClN2/c18-16-8-6-15(7-9-16)17(14-4-5-14)19-10-13-20-11-2-1-3-12-20/h6-9,14,17,19H,1-5,10-13H2. The lowest BCUT2D eigenvalue weighted by Gasteiger charge is -2.27. The molecule has 20 heavy (non-hydrogen) atoms. The summed E-state index contributed by atoms with van der Waals surface area (Å²) in [5, 5.41) is 4.61. The van der Waals surface area contributed by atoms with Crippen LogP contribution in [0.15, 0.2) is 24.3 Å². The molecule has 1 aliphatic heterocycles. The van der Waals surface area contributed by atoms with E-state index in [9.17, 15) is 0 Å². The monoisotopic (exact) mass is 292 g/mol. The molecule has 1 unspecified atom stereocenters. The van der Waals surface area contributed by atoms with Crippen LogP contribution in [0.4, 0.5) is 0 Å². The van der Waals surface area contributed by atoms with Gasteiger partial charge in [0.25, 0.3) is 0 Å². The Labute approximate surface area is 127 Å². The van der Waals surface area contributed by atoms with E-state index < -0.39 is 0 Å². The van der Waals surface area contributed by atoms with Crippen molar-refractivity contribution >= 4 is 11.6 Å². The Balaban J connectivity index is 1.51.